The third-order valence-electron chi connectivity index (χ3n) is 7.17. The number of rotatable bonds is 27. The van der Waals surface area contributed by atoms with Crippen LogP contribution < -0.4 is 5.32 Å². The third-order valence-corrected chi connectivity index (χ3v) is 7.17. The predicted octanol–water partition coefficient (Wildman–Crippen LogP) is 7.20. The maximum absolute atomic E-state index is 12.3. The van der Waals surface area contributed by atoms with Crippen LogP contribution in [0.4, 0.5) is 0 Å². The van der Waals surface area contributed by atoms with Crippen molar-refractivity contribution in [2.75, 3.05) is 6.61 Å². The van der Waals surface area contributed by atoms with E-state index >= 15 is 0 Å². The predicted molar refractivity (Wildman–Crippen MR) is 149 cm³/mol. The van der Waals surface area contributed by atoms with Crippen LogP contribution >= 0.6 is 0 Å². The summed E-state index contributed by atoms with van der Waals surface area (Å²) in [5, 5.41) is 32.9. The van der Waals surface area contributed by atoms with E-state index in [1.807, 2.05) is 0 Å². The molecule has 3 atom stereocenters. The molecule has 0 fully saturated rings. The zero-order valence-corrected chi connectivity index (χ0v) is 23.5. The first kappa shape index (κ1) is 34.4. The maximum Gasteiger partial charge on any atom is 0.222 e. The second-order valence-corrected chi connectivity index (χ2v) is 10.7. The van der Waals surface area contributed by atoms with Gasteiger partial charge in [0.25, 0.3) is 0 Å². The van der Waals surface area contributed by atoms with Gasteiger partial charge in [-0.2, -0.15) is 0 Å². The molecule has 0 aliphatic heterocycles. The van der Waals surface area contributed by atoms with Crippen molar-refractivity contribution in [3.8, 4) is 0 Å². The highest BCUT2D eigenvalue weighted by atomic mass is 16.3. The van der Waals surface area contributed by atoms with Gasteiger partial charge < -0.3 is 20.6 Å². The normalized spacial score (nSPS) is 14.1. The molecule has 210 valence electrons. The second-order valence-electron chi connectivity index (χ2n) is 10.7. The minimum atomic E-state index is -0.739. The highest BCUT2D eigenvalue weighted by Crippen LogP contribution is 2.15. The van der Waals surface area contributed by atoms with Gasteiger partial charge in [0.1, 0.15) is 0 Å². The molecule has 4 N–H and O–H groups in total. The molecule has 0 radical (unpaired) electrons. The van der Waals surface area contributed by atoms with Crippen LogP contribution in [0.3, 0.4) is 0 Å². The summed E-state index contributed by atoms with van der Waals surface area (Å²) in [6.07, 6.45) is 24.7. The Morgan fingerprint density at radius 1 is 0.600 bits per heavy atom. The first-order valence-electron chi connectivity index (χ1n) is 15.3. The number of aliphatic hydroxyl groups excluding tert-OH is 3. The molecular formula is C30H61NO4. The van der Waals surface area contributed by atoms with E-state index in [1.165, 1.54) is 103 Å². The van der Waals surface area contributed by atoms with Gasteiger partial charge >= 0.3 is 0 Å². The molecule has 0 saturated carbocycles. The maximum atomic E-state index is 12.3. The number of hydrogen-bond donors (Lipinski definition) is 4. The van der Waals surface area contributed by atoms with Gasteiger partial charge in [0.2, 0.25) is 5.91 Å². The molecule has 0 aromatic carbocycles. The van der Waals surface area contributed by atoms with Crippen molar-refractivity contribution >= 4 is 5.91 Å². The average Bonchev–Trinajstić information content (AvgIpc) is 2.84. The fourth-order valence-corrected chi connectivity index (χ4v) is 4.75. The largest absolute Gasteiger partial charge is 0.394 e. The number of carbonyl (C=O) groups is 1. The summed E-state index contributed by atoms with van der Waals surface area (Å²) in [6.45, 7) is 4.20. The van der Waals surface area contributed by atoms with Gasteiger partial charge in [-0.05, 0) is 12.8 Å². The summed E-state index contributed by atoms with van der Waals surface area (Å²) in [5.41, 5.74) is 0. The van der Waals surface area contributed by atoms with Crippen molar-refractivity contribution in [1.29, 1.82) is 0 Å². The summed E-state index contributed by atoms with van der Waals surface area (Å²) < 4.78 is 0. The van der Waals surface area contributed by atoms with Gasteiger partial charge in [0, 0.05) is 0 Å². The summed E-state index contributed by atoms with van der Waals surface area (Å²) in [6, 6.07) is -0.648. The van der Waals surface area contributed by atoms with Gasteiger partial charge in [-0.3, -0.25) is 4.79 Å². The lowest BCUT2D eigenvalue weighted by Gasteiger charge is -2.23. The molecule has 5 heteroatoms. The number of unbranched alkanes of at least 4 members (excludes halogenated alkanes) is 18. The van der Waals surface area contributed by atoms with Gasteiger partial charge in [0.05, 0.1) is 31.3 Å². The van der Waals surface area contributed by atoms with Crippen LogP contribution in [0.25, 0.3) is 0 Å². The lowest BCUT2D eigenvalue weighted by molar-refractivity contribution is -0.125. The van der Waals surface area contributed by atoms with Crippen LogP contribution in [0, 0.1) is 0 Å². The summed E-state index contributed by atoms with van der Waals surface area (Å²) >= 11 is 0. The van der Waals surface area contributed by atoms with Gasteiger partial charge in [-0.25, -0.2) is 0 Å². The van der Waals surface area contributed by atoms with E-state index in [2.05, 4.69) is 19.2 Å². The fraction of sp³-hybridized carbons (Fsp3) is 0.967. The zero-order chi connectivity index (χ0) is 26.0. The molecule has 0 aliphatic rings. The lowest BCUT2D eigenvalue weighted by atomic mass is 10.0. The molecule has 1 amide bonds. The van der Waals surface area contributed by atoms with E-state index in [0.29, 0.717) is 12.8 Å². The van der Waals surface area contributed by atoms with Crippen LogP contribution in [-0.4, -0.2) is 46.1 Å². The van der Waals surface area contributed by atoms with Crippen LogP contribution in [0.5, 0.6) is 0 Å². The molecule has 0 aliphatic carbocycles. The van der Waals surface area contributed by atoms with Crippen molar-refractivity contribution < 1.29 is 20.1 Å². The van der Waals surface area contributed by atoms with E-state index in [4.69, 9.17) is 0 Å². The summed E-state index contributed by atoms with van der Waals surface area (Å²) in [5.74, 6) is -0.287. The Balaban J connectivity index is 3.74. The van der Waals surface area contributed by atoms with Crippen molar-refractivity contribution in [3.05, 3.63) is 0 Å². The van der Waals surface area contributed by atoms with Gasteiger partial charge in [0.15, 0.2) is 0 Å². The summed E-state index contributed by atoms with van der Waals surface area (Å²) in [7, 11) is 0. The van der Waals surface area contributed by atoms with E-state index in [1.54, 1.807) is 0 Å². The Kier molecular flexibility index (Phi) is 25.9. The molecule has 5 nitrogen and oxygen atoms in total. The summed E-state index contributed by atoms with van der Waals surface area (Å²) in [4.78, 5) is 12.3. The zero-order valence-electron chi connectivity index (χ0n) is 23.5. The highest BCUT2D eigenvalue weighted by Gasteiger charge is 2.21. The number of aliphatic hydroxyl groups is 3. The first-order chi connectivity index (χ1) is 17.0. The molecular weight excluding hydrogens is 438 g/mol. The van der Waals surface area contributed by atoms with Gasteiger partial charge in [-0.1, -0.05) is 142 Å². The quantitative estimate of drug-likeness (QED) is 0.0900. The topological polar surface area (TPSA) is 89.8 Å². The van der Waals surface area contributed by atoms with Gasteiger partial charge in [-0.15, -0.1) is 0 Å². The molecule has 0 rings (SSSR count). The molecule has 0 spiro atoms. The fourth-order valence-electron chi connectivity index (χ4n) is 4.75. The SMILES string of the molecule is CCCCCCCCCCCCCC(O)C(CO)NC(=O)CC(O)CCCCCCCCCCC. The molecule has 0 aromatic rings. The Morgan fingerprint density at radius 2 is 0.971 bits per heavy atom. The Bertz CT molecular complexity index is 446. The molecule has 0 bridgehead atoms. The van der Waals surface area contributed by atoms with Crippen LogP contribution in [0.15, 0.2) is 0 Å². The molecule has 35 heavy (non-hydrogen) atoms. The van der Waals surface area contributed by atoms with Crippen molar-refractivity contribution in [2.24, 2.45) is 0 Å². The van der Waals surface area contributed by atoms with E-state index in [0.717, 1.165) is 25.7 Å². The van der Waals surface area contributed by atoms with E-state index in [9.17, 15) is 20.1 Å². The number of nitrogens with one attached hydrogen (secondary N) is 1. The Labute approximate surface area is 217 Å². The second kappa shape index (κ2) is 26.4. The highest BCUT2D eigenvalue weighted by molar-refractivity contribution is 5.76. The number of carbonyl (C=O) groups excluding carboxylic acids is 1. The standard InChI is InChI=1S/C30H61NO4/c1-3-5-7-9-11-13-14-16-18-20-22-24-29(34)28(26-32)31-30(35)25-27(33)23-21-19-17-15-12-10-8-6-4-2/h27-29,32-34H,3-26H2,1-2H3,(H,31,35). The minimum absolute atomic E-state index is 0.0404. The van der Waals surface area contributed by atoms with E-state index < -0.39 is 18.2 Å². The van der Waals surface area contributed by atoms with E-state index in [-0.39, 0.29) is 18.9 Å². The van der Waals surface area contributed by atoms with Crippen molar-refractivity contribution in [3.63, 3.8) is 0 Å². The number of amides is 1. The molecule has 0 heterocycles. The molecule has 3 unspecified atom stereocenters. The van der Waals surface area contributed by atoms with Crippen LogP contribution in [-0.2, 0) is 4.79 Å². The van der Waals surface area contributed by atoms with Crippen LogP contribution in [0.1, 0.15) is 162 Å². The van der Waals surface area contributed by atoms with Crippen LogP contribution in [0.2, 0.25) is 0 Å². The average molecular weight is 500 g/mol. The Morgan fingerprint density at radius 3 is 1.37 bits per heavy atom. The lowest BCUT2D eigenvalue weighted by Crippen LogP contribution is -2.46. The monoisotopic (exact) mass is 499 g/mol. The third kappa shape index (κ3) is 23.5. The molecule has 0 aromatic heterocycles. The van der Waals surface area contributed by atoms with Crippen molar-refractivity contribution in [1.82, 2.24) is 5.32 Å². The minimum Gasteiger partial charge on any atom is -0.394 e. The number of hydrogen-bond acceptors (Lipinski definition) is 4. The molecule has 0 saturated heterocycles. The smallest absolute Gasteiger partial charge is 0.222 e. The Hall–Kier alpha value is -0.650. The van der Waals surface area contributed by atoms with Crippen molar-refractivity contribution in [2.45, 2.75) is 180 Å². The first-order valence-corrected chi connectivity index (χ1v) is 15.3.